The average Bonchev–Trinajstić information content (AvgIpc) is 3.17. The highest BCUT2D eigenvalue weighted by Gasteiger charge is 2.15. The minimum absolute atomic E-state index is 0.174. The number of hydrogen-bond acceptors (Lipinski definition) is 3. The third-order valence-electron chi connectivity index (χ3n) is 5.03. The van der Waals surface area contributed by atoms with Crippen LogP contribution >= 0.6 is 0 Å². The van der Waals surface area contributed by atoms with Crippen molar-refractivity contribution in [1.82, 2.24) is 9.97 Å². The molecule has 0 fully saturated rings. The summed E-state index contributed by atoms with van der Waals surface area (Å²) in [5, 5.41) is 1.77. The largest absolute Gasteiger partial charge is 0.361 e. The summed E-state index contributed by atoms with van der Waals surface area (Å²) in [4.78, 5) is 19.0. The van der Waals surface area contributed by atoms with Crippen LogP contribution in [0.5, 0.6) is 0 Å². The molecule has 0 aliphatic rings. The second-order valence-corrected chi connectivity index (χ2v) is 8.66. The number of H-pyrrole nitrogens is 2. The minimum Gasteiger partial charge on any atom is -0.361 e. The zero-order valence-electron chi connectivity index (χ0n) is 15.7. The van der Waals surface area contributed by atoms with Gasteiger partial charge in [-0.1, -0.05) is 42.5 Å². The van der Waals surface area contributed by atoms with E-state index in [-0.39, 0.29) is 10.5 Å². The highest BCUT2D eigenvalue weighted by Crippen LogP contribution is 2.28. The molecular formula is C23H17N3O3S. The number of rotatable bonds is 4. The Bertz CT molecular complexity index is 1550. The van der Waals surface area contributed by atoms with Gasteiger partial charge in [0, 0.05) is 28.2 Å². The topological polar surface area (TPSA) is 94.8 Å². The van der Waals surface area contributed by atoms with Crippen LogP contribution in [0.4, 0.5) is 5.69 Å². The van der Waals surface area contributed by atoms with Crippen molar-refractivity contribution in [1.29, 1.82) is 0 Å². The fourth-order valence-electron chi connectivity index (χ4n) is 3.57. The summed E-state index contributed by atoms with van der Waals surface area (Å²) in [6, 6.07) is 22.8. The molecule has 0 saturated carbocycles. The van der Waals surface area contributed by atoms with Crippen molar-refractivity contribution in [2.24, 2.45) is 0 Å². The minimum atomic E-state index is -3.71. The Labute approximate surface area is 172 Å². The number of hydrogen-bond donors (Lipinski definition) is 3. The number of aromatic amines is 2. The Kier molecular flexibility index (Phi) is 4.18. The van der Waals surface area contributed by atoms with Crippen LogP contribution in [0, 0.1) is 0 Å². The molecule has 0 radical (unpaired) electrons. The second-order valence-electron chi connectivity index (χ2n) is 6.98. The van der Waals surface area contributed by atoms with E-state index in [0.29, 0.717) is 16.8 Å². The molecule has 0 spiro atoms. The monoisotopic (exact) mass is 415 g/mol. The maximum Gasteiger partial charge on any atom is 0.261 e. The third-order valence-corrected chi connectivity index (χ3v) is 6.43. The molecule has 5 aromatic rings. The number of sulfonamides is 1. The van der Waals surface area contributed by atoms with Gasteiger partial charge in [0.1, 0.15) is 0 Å². The van der Waals surface area contributed by atoms with E-state index in [2.05, 4.69) is 14.7 Å². The fraction of sp³-hybridized carbons (Fsp3) is 0. The van der Waals surface area contributed by atoms with Crippen molar-refractivity contribution in [2.75, 3.05) is 4.72 Å². The Hall–Kier alpha value is -3.84. The van der Waals surface area contributed by atoms with Gasteiger partial charge in [0.05, 0.1) is 16.1 Å². The first kappa shape index (κ1) is 18.2. The maximum absolute atomic E-state index is 12.8. The van der Waals surface area contributed by atoms with Gasteiger partial charge in [-0.3, -0.25) is 9.52 Å². The summed E-state index contributed by atoms with van der Waals surface area (Å²) in [6.45, 7) is 0. The van der Waals surface area contributed by atoms with Gasteiger partial charge in [0.15, 0.2) is 0 Å². The summed E-state index contributed by atoms with van der Waals surface area (Å²) in [7, 11) is -3.71. The summed E-state index contributed by atoms with van der Waals surface area (Å²) in [5.41, 5.74) is 3.02. The molecule has 3 aromatic carbocycles. The zero-order valence-corrected chi connectivity index (χ0v) is 16.5. The van der Waals surface area contributed by atoms with Crippen LogP contribution in [0.25, 0.3) is 32.9 Å². The Morgan fingerprint density at radius 1 is 0.767 bits per heavy atom. The van der Waals surface area contributed by atoms with E-state index in [1.165, 1.54) is 12.1 Å². The predicted octanol–water partition coefficient (Wildman–Crippen LogP) is 4.48. The summed E-state index contributed by atoms with van der Waals surface area (Å²) < 4.78 is 27.7. The molecule has 0 aliphatic carbocycles. The van der Waals surface area contributed by atoms with Crippen molar-refractivity contribution >= 4 is 37.5 Å². The van der Waals surface area contributed by atoms with Gasteiger partial charge < -0.3 is 9.97 Å². The van der Waals surface area contributed by atoms with Crippen molar-refractivity contribution < 1.29 is 8.42 Å². The number of fused-ring (bicyclic) bond motifs is 2. The quantitative estimate of drug-likeness (QED) is 0.404. The zero-order chi connectivity index (χ0) is 20.7. The number of benzene rings is 3. The van der Waals surface area contributed by atoms with Crippen LogP contribution in [0.1, 0.15) is 0 Å². The van der Waals surface area contributed by atoms with Crippen LogP contribution in [0.3, 0.4) is 0 Å². The van der Waals surface area contributed by atoms with Gasteiger partial charge in [0.2, 0.25) is 0 Å². The summed E-state index contributed by atoms with van der Waals surface area (Å²) >= 11 is 0. The van der Waals surface area contributed by atoms with Gasteiger partial charge in [0.25, 0.3) is 15.6 Å². The lowest BCUT2D eigenvalue weighted by Gasteiger charge is -2.09. The molecule has 2 heterocycles. The van der Waals surface area contributed by atoms with Gasteiger partial charge in [-0.2, -0.15) is 0 Å². The molecule has 6 nitrogen and oxygen atoms in total. The summed E-state index contributed by atoms with van der Waals surface area (Å²) in [6.07, 6.45) is 1.82. The second kappa shape index (κ2) is 6.89. The molecule has 5 rings (SSSR count). The lowest BCUT2D eigenvalue weighted by molar-refractivity contribution is 0.601. The first-order valence-electron chi connectivity index (χ1n) is 9.33. The molecule has 2 aromatic heterocycles. The van der Waals surface area contributed by atoms with Gasteiger partial charge in [-0.15, -0.1) is 0 Å². The SMILES string of the molecule is O=c1[nH]c2cc(NS(=O)(=O)c3ccccc3)ccc2cc1-c1c[nH]c2ccccc12. The molecular weight excluding hydrogens is 398 g/mol. The van der Waals surface area contributed by atoms with Crippen molar-refractivity contribution in [3.63, 3.8) is 0 Å². The molecule has 0 aliphatic heterocycles. The van der Waals surface area contributed by atoms with Crippen molar-refractivity contribution in [3.05, 3.63) is 95.4 Å². The third kappa shape index (κ3) is 3.15. The molecule has 30 heavy (non-hydrogen) atoms. The van der Waals surface area contributed by atoms with Crippen LogP contribution in [-0.4, -0.2) is 18.4 Å². The van der Waals surface area contributed by atoms with Gasteiger partial charge >= 0.3 is 0 Å². The van der Waals surface area contributed by atoms with E-state index in [1.54, 1.807) is 36.4 Å². The van der Waals surface area contributed by atoms with E-state index in [0.717, 1.165) is 21.9 Å². The molecule has 148 valence electrons. The first-order valence-corrected chi connectivity index (χ1v) is 10.8. The molecule has 0 unspecified atom stereocenters. The van der Waals surface area contributed by atoms with Crippen molar-refractivity contribution in [3.8, 4) is 11.1 Å². The van der Waals surface area contributed by atoms with Crippen LogP contribution < -0.4 is 10.3 Å². The Morgan fingerprint density at radius 3 is 2.37 bits per heavy atom. The first-order chi connectivity index (χ1) is 14.5. The smallest absolute Gasteiger partial charge is 0.261 e. The van der Waals surface area contributed by atoms with Crippen molar-refractivity contribution in [2.45, 2.75) is 4.90 Å². The number of anilines is 1. The molecule has 7 heteroatoms. The van der Waals surface area contributed by atoms with Crippen LogP contribution in [0.15, 0.2) is 94.7 Å². The lowest BCUT2D eigenvalue weighted by Crippen LogP contribution is -2.13. The van der Waals surface area contributed by atoms with E-state index < -0.39 is 10.0 Å². The fourth-order valence-corrected chi connectivity index (χ4v) is 4.64. The lowest BCUT2D eigenvalue weighted by atomic mass is 10.0. The molecule has 0 atom stereocenters. The van der Waals surface area contributed by atoms with E-state index in [4.69, 9.17) is 0 Å². The average molecular weight is 415 g/mol. The number of para-hydroxylation sites is 1. The highest BCUT2D eigenvalue weighted by atomic mass is 32.2. The number of pyridine rings is 1. The Morgan fingerprint density at radius 2 is 1.53 bits per heavy atom. The van der Waals surface area contributed by atoms with Crippen LogP contribution in [-0.2, 0) is 10.0 Å². The normalized spacial score (nSPS) is 11.7. The highest BCUT2D eigenvalue weighted by molar-refractivity contribution is 7.92. The molecule has 3 N–H and O–H groups in total. The molecule has 0 amide bonds. The van der Waals surface area contributed by atoms with Crippen LogP contribution in [0.2, 0.25) is 0 Å². The molecule has 0 saturated heterocycles. The van der Waals surface area contributed by atoms with Gasteiger partial charge in [-0.05, 0) is 41.8 Å². The van der Waals surface area contributed by atoms with Gasteiger partial charge in [-0.25, -0.2) is 8.42 Å². The van der Waals surface area contributed by atoms with E-state index in [1.807, 2.05) is 36.5 Å². The van der Waals surface area contributed by atoms with E-state index >= 15 is 0 Å². The summed E-state index contributed by atoms with van der Waals surface area (Å²) in [5.74, 6) is 0. The Balaban J connectivity index is 1.56. The molecule has 0 bridgehead atoms. The maximum atomic E-state index is 12.8. The standard InChI is InChI=1S/C23H17N3O3S/c27-23-19(20-14-24-21-9-5-4-8-18(20)21)12-15-10-11-16(13-22(15)25-23)26-30(28,29)17-6-2-1-3-7-17/h1-14,24,26H,(H,25,27). The number of aromatic nitrogens is 2. The predicted molar refractivity (Wildman–Crippen MR) is 119 cm³/mol. The number of nitrogens with one attached hydrogen (secondary N) is 3. The van der Waals surface area contributed by atoms with E-state index in [9.17, 15) is 13.2 Å².